The van der Waals surface area contributed by atoms with Crippen molar-refractivity contribution >= 4 is 28.1 Å². The van der Waals surface area contributed by atoms with Crippen LogP contribution in [0, 0.1) is 0 Å². The van der Waals surface area contributed by atoms with Gasteiger partial charge in [-0.1, -0.05) is 24.3 Å². The minimum atomic E-state index is 0.0689. The van der Waals surface area contributed by atoms with E-state index in [1.807, 2.05) is 53.9 Å². The molecule has 2 aromatic heterocycles. The Morgan fingerprint density at radius 3 is 2.64 bits per heavy atom. The van der Waals surface area contributed by atoms with Gasteiger partial charge in [0, 0.05) is 27.9 Å². The van der Waals surface area contributed by atoms with Gasteiger partial charge in [0.2, 0.25) is 5.91 Å². The molecule has 0 aliphatic heterocycles. The quantitative estimate of drug-likeness (QED) is 0.458. The molecule has 2 aromatic carbocycles. The van der Waals surface area contributed by atoms with Gasteiger partial charge in [0.1, 0.15) is 5.75 Å². The summed E-state index contributed by atoms with van der Waals surface area (Å²) in [6.45, 7) is 0.593. The lowest BCUT2D eigenvalue weighted by atomic mass is 10.0. The van der Waals surface area contributed by atoms with Crippen LogP contribution in [-0.4, -0.2) is 18.0 Å². The summed E-state index contributed by atoms with van der Waals surface area (Å²) >= 11 is 1.66. The third kappa shape index (κ3) is 3.94. The van der Waals surface area contributed by atoms with Crippen LogP contribution in [0.3, 0.4) is 0 Å². The zero-order valence-electron chi connectivity index (χ0n) is 15.7. The molecule has 0 fully saturated rings. The highest BCUT2D eigenvalue weighted by Gasteiger charge is 2.14. The third-order valence-electron chi connectivity index (χ3n) is 4.83. The van der Waals surface area contributed by atoms with Gasteiger partial charge in [0.05, 0.1) is 13.7 Å². The van der Waals surface area contributed by atoms with Crippen LogP contribution in [0.2, 0.25) is 0 Å². The molecule has 4 rings (SSSR count). The van der Waals surface area contributed by atoms with Crippen LogP contribution in [0.4, 0.5) is 0 Å². The zero-order valence-corrected chi connectivity index (χ0v) is 16.5. The van der Waals surface area contributed by atoms with Crippen LogP contribution in [0.5, 0.6) is 5.75 Å². The molecule has 4 aromatic rings. The normalized spacial score (nSPS) is 10.9. The van der Waals surface area contributed by atoms with Gasteiger partial charge in [0.25, 0.3) is 0 Å². The Bertz CT molecular complexity index is 1070. The number of carbonyl (C=O) groups excluding carboxylic acids is 1. The van der Waals surface area contributed by atoms with Crippen LogP contribution in [-0.2, 0) is 17.8 Å². The molecule has 4 nitrogen and oxygen atoms in total. The summed E-state index contributed by atoms with van der Waals surface area (Å²) in [5, 5.41) is 6.20. The van der Waals surface area contributed by atoms with E-state index in [4.69, 9.17) is 4.74 Å². The second-order valence-electron chi connectivity index (χ2n) is 6.61. The Morgan fingerprint density at radius 1 is 1.07 bits per heavy atom. The first-order valence-corrected chi connectivity index (χ1v) is 10.2. The maximum atomic E-state index is 12.4. The van der Waals surface area contributed by atoms with Crippen LogP contribution < -0.4 is 10.1 Å². The molecule has 0 saturated heterocycles. The van der Waals surface area contributed by atoms with Gasteiger partial charge in [0.15, 0.2) is 0 Å². The molecule has 5 heteroatoms. The van der Waals surface area contributed by atoms with Crippen molar-refractivity contribution < 1.29 is 9.53 Å². The summed E-state index contributed by atoms with van der Waals surface area (Å²) in [6.07, 6.45) is 1.14. The van der Waals surface area contributed by atoms with E-state index < -0.39 is 0 Å². The topological polar surface area (TPSA) is 54.1 Å². The summed E-state index contributed by atoms with van der Waals surface area (Å²) in [5.74, 6) is 0.897. The van der Waals surface area contributed by atoms with Crippen molar-refractivity contribution in [3.05, 3.63) is 76.5 Å². The number of hydrogen-bond donors (Lipinski definition) is 2. The van der Waals surface area contributed by atoms with Crippen molar-refractivity contribution in [2.45, 2.75) is 19.4 Å². The fraction of sp³-hybridized carbons (Fsp3) is 0.174. The maximum absolute atomic E-state index is 12.4. The number of hydrogen-bond acceptors (Lipinski definition) is 3. The molecular formula is C23H22N2O2S. The van der Waals surface area contributed by atoms with Crippen molar-refractivity contribution in [2.24, 2.45) is 0 Å². The van der Waals surface area contributed by atoms with E-state index in [0.29, 0.717) is 19.4 Å². The number of nitrogens with one attached hydrogen (secondary N) is 2. The molecule has 0 aliphatic carbocycles. The van der Waals surface area contributed by atoms with Crippen molar-refractivity contribution in [1.82, 2.24) is 10.3 Å². The van der Waals surface area contributed by atoms with Crippen LogP contribution in [0.1, 0.15) is 16.9 Å². The SMILES string of the molecule is COc1ccc(-c2[nH]c3ccccc3c2CCC(=O)NCc2cccs2)cc1. The number of ether oxygens (including phenoxy) is 1. The fourth-order valence-corrected chi connectivity index (χ4v) is 4.03. The maximum Gasteiger partial charge on any atom is 0.220 e. The van der Waals surface area contributed by atoms with E-state index in [-0.39, 0.29) is 5.91 Å². The smallest absolute Gasteiger partial charge is 0.220 e. The Hall–Kier alpha value is -3.05. The molecule has 0 aliphatic rings. The number of aryl methyl sites for hydroxylation is 1. The fourth-order valence-electron chi connectivity index (χ4n) is 3.39. The molecule has 0 bridgehead atoms. The van der Waals surface area contributed by atoms with E-state index in [1.165, 1.54) is 15.8 Å². The number of rotatable bonds is 7. The molecular weight excluding hydrogens is 368 g/mol. The highest BCUT2D eigenvalue weighted by molar-refractivity contribution is 7.09. The van der Waals surface area contributed by atoms with Crippen molar-refractivity contribution in [1.29, 1.82) is 0 Å². The lowest BCUT2D eigenvalue weighted by Crippen LogP contribution is -2.22. The predicted molar refractivity (Wildman–Crippen MR) is 115 cm³/mol. The summed E-state index contributed by atoms with van der Waals surface area (Å²) in [5.41, 5.74) is 4.41. The molecule has 0 unspecified atom stereocenters. The number of carbonyl (C=O) groups is 1. The Kier molecular flexibility index (Phi) is 5.44. The van der Waals surface area contributed by atoms with Crippen LogP contribution >= 0.6 is 11.3 Å². The summed E-state index contributed by atoms with van der Waals surface area (Å²) in [7, 11) is 1.66. The van der Waals surface area contributed by atoms with Crippen molar-refractivity contribution in [2.75, 3.05) is 7.11 Å². The summed E-state index contributed by atoms with van der Waals surface area (Å²) < 4.78 is 5.27. The van der Waals surface area contributed by atoms with E-state index in [2.05, 4.69) is 22.4 Å². The Morgan fingerprint density at radius 2 is 1.89 bits per heavy atom. The highest BCUT2D eigenvalue weighted by Crippen LogP contribution is 2.32. The van der Waals surface area contributed by atoms with Gasteiger partial charge in [-0.2, -0.15) is 0 Å². The standard InChI is InChI=1S/C23H22N2O2S/c1-27-17-10-8-16(9-11-17)23-20(19-6-2-3-7-21(19)25-23)12-13-22(26)24-15-18-5-4-14-28-18/h2-11,14,25H,12-13,15H2,1H3,(H,24,26). The largest absolute Gasteiger partial charge is 0.497 e. The van der Waals surface area contributed by atoms with Crippen LogP contribution in [0.15, 0.2) is 66.0 Å². The minimum Gasteiger partial charge on any atom is -0.497 e. The molecule has 2 heterocycles. The number of thiophene rings is 1. The number of H-pyrrole nitrogens is 1. The highest BCUT2D eigenvalue weighted by atomic mass is 32.1. The lowest BCUT2D eigenvalue weighted by Gasteiger charge is -2.07. The van der Waals surface area contributed by atoms with Gasteiger partial charge in [-0.3, -0.25) is 4.79 Å². The average Bonchev–Trinajstić information content (AvgIpc) is 3.38. The van der Waals surface area contributed by atoms with E-state index in [1.54, 1.807) is 18.4 Å². The molecule has 1 amide bonds. The third-order valence-corrected chi connectivity index (χ3v) is 5.71. The molecule has 142 valence electrons. The van der Waals surface area contributed by atoms with Crippen molar-refractivity contribution in [3.63, 3.8) is 0 Å². The molecule has 0 saturated carbocycles. The van der Waals surface area contributed by atoms with Crippen LogP contribution in [0.25, 0.3) is 22.2 Å². The summed E-state index contributed by atoms with van der Waals surface area (Å²) in [4.78, 5) is 17.1. The Balaban J connectivity index is 1.55. The lowest BCUT2D eigenvalue weighted by molar-refractivity contribution is -0.121. The number of fused-ring (bicyclic) bond motifs is 1. The van der Waals surface area contributed by atoms with E-state index >= 15 is 0 Å². The number of benzene rings is 2. The summed E-state index contributed by atoms with van der Waals surface area (Å²) in [6, 6.07) is 20.3. The van der Waals surface area contributed by atoms with Gasteiger partial charge in [-0.25, -0.2) is 0 Å². The molecule has 0 radical (unpaired) electrons. The van der Waals surface area contributed by atoms with E-state index in [9.17, 15) is 4.79 Å². The Labute approximate surface area is 168 Å². The number of amides is 1. The minimum absolute atomic E-state index is 0.0689. The zero-order chi connectivity index (χ0) is 19.3. The van der Waals surface area contributed by atoms with Gasteiger partial charge in [-0.05, 0) is 59.3 Å². The van der Waals surface area contributed by atoms with E-state index in [0.717, 1.165) is 22.5 Å². The number of methoxy groups -OCH3 is 1. The average molecular weight is 391 g/mol. The first kappa shape index (κ1) is 18.3. The first-order chi connectivity index (χ1) is 13.7. The molecule has 0 spiro atoms. The number of aromatic amines is 1. The predicted octanol–water partition coefficient (Wildman–Crippen LogP) is 5.15. The molecule has 28 heavy (non-hydrogen) atoms. The van der Waals surface area contributed by atoms with Crippen molar-refractivity contribution in [3.8, 4) is 17.0 Å². The van der Waals surface area contributed by atoms with Gasteiger partial charge < -0.3 is 15.0 Å². The number of para-hydroxylation sites is 1. The van der Waals surface area contributed by atoms with Gasteiger partial charge in [-0.15, -0.1) is 11.3 Å². The second-order valence-corrected chi connectivity index (χ2v) is 7.64. The molecule has 0 atom stereocenters. The van der Waals surface area contributed by atoms with Gasteiger partial charge >= 0.3 is 0 Å². The first-order valence-electron chi connectivity index (χ1n) is 9.27. The monoisotopic (exact) mass is 390 g/mol. The molecule has 2 N–H and O–H groups in total. The second kappa shape index (κ2) is 8.31. The number of aromatic nitrogens is 1.